The second-order valence-corrected chi connectivity index (χ2v) is 9.17. The Kier molecular flexibility index (Phi) is 7.69. The van der Waals surface area contributed by atoms with E-state index in [2.05, 4.69) is 15.9 Å². The van der Waals surface area contributed by atoms with Crippen LogP contribution in [0.4, 0.5) is 10.1 Å². The topological polar surface area (TPSA) is 107 Å². The number of esters is 1. The fourth-order valence-corrected chi connectivity index (χ4v) is 5.29. The highest BCUT2D eigenvalue weighted by atomic mass is 19.1. The Balaban J connectivity index is 0.000000331. The fraction of sp³-hybridized carbons (Fsp3) is 0.370. The molecule has 1 spiro atoms. The number of ether oxygens (including phenoxy) is 1. The van der Waals surface area contributed by atoms with E-state index in [0.717, 1.165) is 68.7 Å². The van der Waals surface area contributed by atoms with Crippen LogP contribution in [0.25, 0.3) is 0 Å². The molecule has 0 atom stereocenters. The van der Waals surface area contributed by atoms with Crippen LogP contribution in [0.15, 0.2) is 60.7 Å². The average molecular weight is 497 g/mol. The van der Waals surface area contributed by atoms with Crippen LogP contribution in [0.5, 0.6) is 0 Å². The molecular formula is C27H29FN2O6. The summed E-state index contributed by atoms with van der Waals surface area (Å²) in [5, 5.41) is 15.6. The van der Waals surface area contributed by atoms with Crippen molar-refractivity contribution in [1.82, 2.24) is 4.90 Å². The Morgan fingerprint density at radius 3 is 2.08 bits per heavy atom. The molecule has 2 aromatic rings. The molecule has 1 saturated carbocycles. The van der Waals surface area contributed by atoms with E-state index in [4.69, 9.17) is 14.9 Å². The number of carboxylic acid groups (broad SMARTS) is 2. The van der Waals surface area contributed by atoms with Crippen LogP contribution in [0.1, 0.15) is 41.6 Å². The minimum absolute atomic E-state index is 0.165. The molecule has 0 aromatic heterocycles. The Morgan fingerprint density at radius 2 is 1.50 bits per heavy atom. The number of rotatable bonds is 4. The Morgan fingerprint density at radius 1 is 0.917 bits per heavy atom. The average Bonchev–Trinajstić information content (AvgIpc) is 3.15. The van der Waals surface area contributed by atoms with Crippen molar-refractivity contribution in [3.63, 3.8) is 0 Å². The zero-order chi connectivity index (χ0) is 25.7. The van der Waals surface area contributed by atoms with Gasteiger partial charge in [0.1, 0.15) is 11.4 Å². The molecule has 2 N–H and O–H groups in total. The van der Waals surface area contributed by atoms with E-state index in [0.29, 0.717) is 18.2 Å². The molecule has 0 unspecified atom stereocenters. The van der Waals surface area contributed by atoms with Gasteiger partial charge in [-0.05, 0) is 56.0 Å². The second kappa shape index (κ2) is 10.9. The number of carbonyl (C=O) groups excluding carboxylic acids is 1. The lowest BCUT2D eigenvalue weighted by Crippen LogP contribution is -2.52. The van der Waals surface area contributed by atoms with Gasteiger partial charge in [-0.15, -0.1) is 0 Å². The number of hydrogen-bond acceptors (Lipinski definition) is 6. The molecule has 0 radical (unpaired) electrons. The zero-order valence-corrected chi connectivity index (χ0v) is 19.8. The quantitative estimate of drug-likeness (QED) is 0.488. The van der Waals surface area contributed by atoms with Gasteiger partial charge < -0.3 is 19.8 Å². The van der Waals surface area contributed by atoms with Gasteiger partial charge in [-0.25, -0.2) is 18.8 Å². The standard InChI is InChI=1S/C23H25FN2O2.C4H4O4/c24-17-5-7-18(8-6-17)25-13-15-26(16-14-25)19-9-11-23(12-10-19)21-4-2-1-3-20(21)22(27)28-23;5-3(6)1-2-4(7)8/h1-8,19H,9-16H2;1-2H,(H,5,6)(H,7,8)/b;2-1-/t19-,23-;. The van der Waals surface area contributed by atoms with Gasteiger partial charge in [0.2, 0.25) is 0 Å². The summed E-state index contributed by atoms with van der Waals surface area (Å²) in [5.74, 6) is -2.87. The molecule has 1 saturated heterocycles. The van der Waals surface area contributed by atoms with E-state index in [-0.39, 0.29) is 11.8 Å². The Labute approximate surface area is 208 Å². The summed E-state index contributed by atoms with van der Waals surface area (Å²) < 4.78 is 19.0. The first-order chi connectivity index (χ1) is 17.3. The van der Waals surface area contributed by atoms with E-state index in [1.165, 1.54) is 12.1 Å². The van der Waals surface area contributed by atoms with Gasteiger partial charge in [0.25, 0.3) is 0 Å². The number of anilines is 1. The highest BCUT2D eigenvalue weighted by Gasteiger charge is 2.48. The highest BCUT2D eigenvalue weighted by molar-refractivity contribution is 5.94. The van der Waals surface area contributed by atoms with E-state index in [1.54, 1.807) is 0 Å². The predicted molar refractivity (Wildman–Crippen MR) is 130 cm³/mol. The number of carboxylic acids is 2. The molecule has 9 heteroatoms. The summed E-state index contributed by atoms with van der Waals surface area (Å²) in [6, 6.07) is 15.2. The first kappa shape index (κ1) is 25.4. The first-order valence-electron chi connectivity index (χ1n) is 12.0. The molecule has 1 aliphatic carbocycles. The molecular weight excluding hydrogens is 467 g/mol. The first-order valence-corrected chi connectivity index (χ1v) is 12.0. The molecule has 190 valence electrons. The Hall–Kier alpha value is -3.72. The van der Waals surface area contributed by atoms with E-state index < -0.39 is 17.5 Å². The maximum Gasteiger partial charge on any atom is 0.339 e. The van der Waals surface area contributed by atoms with Crippen molar-refractivity contribution < 1.29 is 33.7 Å². The van der Waals surface area contributed by atoms with Gasteiger partial charge in [-0.2, -0.15) is 0 Å². The SMILES string of the molecule is O=C(O)/C=C\C(=O)O.O=C1O[C@]2(CC[C@H](N3CCN(c4ccc(F)cc4)CC3)CC2)c2ccccc21. The summed E-state index contributed by atoms with van der Waals surface area (Å²) in [7, 11) is 0. The lowest BCUT2D eigenvalue weighted by Gasteiger charge is -2.44. The van der Waals surface area contributed by atoms with Crippen LogP contribution >= 0.6 is 0 Å². The minimum Gasteiger partial charge on any atom is -0.478 e. The lowest BCUT2D eigenvalue weighted by atomic mass is 9.77. The molecule has 0 amide bonds. The van der Waals surface area contributed by atoms with Crippen molar-refractivity contribution in [3.8, 4) is 0 Å². The molecule has 2 aromatic carbocycles. The van der Waals surface area contributed by atoms with Gasteiger partial charge in [0, 0.05) is 55.6 Å². The number of carbonyl (C=O) groups is 3. The summed E-state index contributed by atoms with van der Waals surface area (Å²) in [5.41, 5.74) is 2.52. The van der Waals surface area contributed by atoms with Crippen molar-refractivity contribution in [1.29, 1.82) is 0 Å². The largest absolute Gasteiger partial charge is 0.478 e. The van der Waals surface area contributed by atoms with E-state index in [9.17, 15) is 18.8 Å². The summed E-state index contributed by atoms with van der Waals surface area (Å²) in [6.45, 7) is 3.97. The summed E-state index contributed by atoms with van der Waals surface area (Å²) in [4.78, 5) is 36.3. The monoisotopic (exact) mass is 496 g/mol. The number of halogens is 1. The number of aliphatic carboxylic acids is 2. The maximum absolute atomic E-state index is 13.1. The molecule has 2 aliphatic heterocycles. The number of fused-ring (bicyclic) bond motifs is 2. The van der Waals surface area contributed by atoms with Crippen molar-refractivity contribution in [2.75, 3.05) is 31.1 Å². The van der Waals surface area contributed by atoms with Gasteiger partial charge in [0.15, 0.2) is 0 Å². The van der Waals surface area contributed by atoms with E-state index >= 15 is 0 Å². The minimum atomic E-state index is -1.26. The Bertz CT molecular complexity index is 1120. The van der Waals surface area contributed by atoms with Crippen LogP contribution in [0, 0.1) is 5.82 Å². The van der Waals surface area contributed by atoms with Gasteiger partial charge >= 0.3 is 17.9 Å². The fourth-order valence-electron chi connectivity index (χ4n) is 5.29. The van der Waals surface area contributed by atoms with Crippen LogP contribution in [-0.2, 0) is 19.9 Å². The van der Waals surface area contributed by atoms with Crippen LogP contribution < -0.4 is 4.90 Å². The van der Waals surface area contributed by atoms with Gasteiger partial charge in [-0.1, -0.05) is 18.2 Å². The van der Waals surface area contributed by atoms with Crippen LogP contribution in [0.3, 0.4) is 0 Å². The molecule has 0 bridgehead atoms. The van der Waals surface area contributed by atoms with Crippen LogP contribution in [0.2, 0.25) is 0 Å². The van der Waals surface area contributed by atoms with Crippen molar-refractivity contribution in [2.24, 2.45) is 0 Å². The number of hydrogen-bond donors (Lipinski definition) is 2. The molecule has 5 rings (SSSR count). The van der Waals surface area contributed by atoms with Crippen molar-refractivity contribution in [2.45, 2.75) is 37.3 Å². The second-order valence-electron chi connectivity index (χ2n) is 9.17. The molecule has 2 fully saturated rings. The normalized spacial score (nSPS) is 23.6. The highest BCUT2D eigenvalue weighted by Crippen LogP contribution is 2.47. The number of benzene rings is 2. The van der Waals surface area contributed by atoms with Crippen molar-refractivity contribution in [3.05, 3.63) is 77.6 Å². The lowest BCUT2D eigenvalue weighted by molar-refractivity contribution is -0.134. The molecule has 8 nitrogen and oxygen atoms in total. The van der Waals surface area contributed by atoms with Crippen LogP contribution in [-0.4, -0.2) is 65.2 Å². The molecule has 3 aliphatic rings. The van der Waals surface area contributed by atoms with Gasteiger partial charge in [-0.3, -0.25) is 4.90 Å². The smallest absolute Gasteiger partial charge is 0.339 e. The third kappa shape index (κ3) is 5.73. The summed E-state index contributed by atoms with van der Waals surface area (Å²) in [6.07, 6.45) is 5.03. The number of piperazine rings is 1. The molecule has 36 heavy (non-hydrogen) atoms. The zero-order valence-electron chi connectivity index (χ0n) is 19.8. The third-order valence-corrected chi connectivity index (χ3v) is 7.08. The third-order valence-electron chi connectivity index (χ3n) is 7.08. The molecule has 2 heterocycles. The van der Waals surface area contributed by atoms with Crippen molar-refractivity contribution >= 4 is 23.6 Å². The van der Waals surface area contributed by atoms with Gasteiger partial charge in [0.05, 0.1) is 5.56 Å². The summed E-state index contributed by atoms with van der Waals surface area (Å²) >= 11 is 0. The predicted octanol–water partition coefficient (Wildman–Crippen LogP) is 3.67. The maximum atomic E-state index is 13.1. The van der Waals surface area contributed by atoms with E-state index in [1.807, 2.05) is 30.3 Å². The number of nitrogens with zero attached hydrogens (tertiary/aromatic N) is 2.